The molecule has 0 aromatic heterocycles. The van der Waals surface area contributed by atoms with Crippen molar-refractivity contribution in [3.05, 3.63) is 29.8 Å². The van der Waals surface area contributed by atoms with Crippen LogP contribution in [0.2, 0.25) is 0 Å². The standard InChI is InChI=1S/C16H25N3O3S.ClH/c1-11(19-16(20)10-13-6-4-8-15(13)17)12-5-3-7-14(9-12)23(21,22)18-2;/h3,5,7,9,11,13,15,18H,4,6,8,10,17H2,1-2H3,(H,19,20);1H/t11?,13-,15+;/m0./s1. The first kappa shape index (κ1) is 20.9. The van der Waals surface area contributed by atoms with E-state index in [2.05, 4.69) is 10.0 Å². The Bertz CT molecular complexity index is 666. The summed E-state index contributed by atoms with van der Waals surface area (Å²) in [5.41, 5.74) is 6.75. The fourth-order valence-electron chi connectivity index (χ4n) is 3.01. The van der Waals surface area contributed by atoms with Gasteiger partial charge in [-0.2, -0.15) is 0 Å². The van der Waals surface area contributed by atoms with Crippen molar-refractivity contribution in [3.63, 3.8) is 0 Å². The lowest BCUT2D eigenvalue weighted by Crippen LogP contribution is -2.33. The molecule has 1 aromatic carbocycles. The molecule has 1 aliphatic rings. The van der Waals surface area contributed by atoms with E-state index in [-0.39, 0.29) is 41.2 Å². The Morgan fingerprint density at radius 1 is 1.38 bits per heavy atom. The summed E-state index contributed by atoms with van der Waals surface area (Å²) in [6, 6.07) is 6.45. The number of carbonyl (C=O) groups is 1. The quantitative estimate of drug-likeness (QED) is 0.704. The predicted molar refractivity (Wildman–Crippen MR) is 96.4 cm³/mol. The van der Waals surface area contributed by atoms with Gasteiger partial charge in [-0.1, -0.05) is 18.6 Å². The molecule has 0 spiro atoms. The number of carbonyl (C=O) groups excluding carboxylic acids is 1. The molecule has 0 heterocycles. The molecule has 6 nitrogen and oxygen atoms in total. The number of amides is 1. The van der Waals surface area contributed by atoms with E-state index in [1.165, 1.54) is 13.1 Å². The van der Waals surface area contributed by atoms with E-state index < -0.39 is 10.0 Å². The number of nitrogens with one attached hydrogen (secondary N) is 2. The molecule has 4 N–H and O–H groups in total. The van der Waals surface area contributed by atoms with E-state index in [0.717, 1.165) is 24.8 Å². The summed E-state index contributed by atoms with van der Waals surface area (Å²) in [7, 11) is -2.11. The average Bonchev–Trinajstić information content (AvgIpc) is 2.92. The average molecular weight is 376 g/mol. The van der Waals surface area contributed by atoms with Crippen LogP contribution in [0.25, 0.3) is 0 Å². The maximum atomic E-state index is 12.2. The molecule has 0 aliphatic heterocycles. The topological polar surface area (TPSA) is 101 Å². The van der Waals surface area contributed by atoms with Crippen molar-refractivity contribution in [2.45, 2.75) is 49.6 Å². The molecule has 3 atom stereocenters. The van der Waals surface area contributed by atoms with Crippen LogP contribution in [0.1, 0.15) is 44.2 Å². The van der Waals surface area contributed by atoms with Crippen molar-refractivity contribution in [2.75, 3.05) is 7.05 Å². The molecule has 1 unspecified atom stereocenters. The highest BCUT2D eigenvalue weighted by atomic mass is 35.5. The molecule has 1 saturated carbocycles. The Morgan fingerprint density at radius 3 is 2.67 bits per heavy atom. The Morgan fingerprint density at radius 2 is 2.08 bits per heavy atom. The first-order valence-electron chi connectivity index (χ1n) is 7.92. The largest absolute Gasteiger partial charge is 0.350 e. The second-order valence-electron chi connectivity index (χ2n) is 6.13. The van der Waals surface area contributed by atoms with Crippen molar-refractivity contribution >= 4 is 28.3 Å². The zero-order chi connectivity index (χ0) is 17.0. The van der Waals surface area contributed by atoms with Crippen LogP contribution in [0.5, 0.6) is 0 Å². The van der Waals surface area contributed by atoms with Crippen LogP contribution in [-0.2, 0) is 14.8 Å². The number of sulfonamides is 1. The number of benzene rings is 1. The molecule has 1 aliphatic carbocycles. The molecule has 0 saturated heterocycles. The van der Waals surface area contributed by atoms with Gasteiger partial charge in [0.25, 0.3) is 0 Å². The number of hydrogen-bond acceptors (Lipinski definition) is 4. The summed E-state index contributed by atoms with van der Waals surface area (Å²) >= 11 is 0. The lowest BCUT2D eigenvalue weighted by atomic mass is 9.99. The SMILES string of the molecule is CNS(=O)(=O)c1cccc(C(C)NC(=O)C[C@@H]2CCC[C@H]2N)c1.Cl. The van der Waals surface area contributed by atoms with Crippen molar-refractivity contribution < 1.29 is 13.2 Å². The monoisotopic (exact) mass is 375 g/mol. The van der Waals surface area contributed by atoms with E-state index in [4.69, 9.17) is 5.73 Å². The van der Waals surface area contributed by atoms with Crippen LogP contribution in [0.15, 0.2) is 29.2 Å². The highest BCUT2D eigenvalue weighted by Crippen LogP contribution is 2.27. The molecule has 1 aromatic rings. The van der Waals surface area contributed by atoms with Gasteiger partial charge in [-0.25, -0.2) is 13.1 Å². The van der Waals surface area contributed by atoms with E-state index in [1.54, 1.807) is 18.2 Å². The third-order valence-corrected chi connectivity index (χ3v) is 5.89. The van der Waals surface area contributed by atoms with Crippen molar-refractivity contribution in [3.8, 4) is 0 Å². The minimum atomic E-state index is -3.49. The molecule has 1 amide bonds. The maximum absolute atomic E-state index is 12.2. The second kappa shape index (κ2) is 8.80. The van der Waals surface area contributed by atoms with Gasteiger partial charge in [0.15, 0.2) is 0 Å². The van der Waals surface area contributed by atoms with Crippen molar-refractivity contribution in [2.24, 2.45) is 11.7 Å². The zero-order valence-corrected chi connectivity index (χ0v) is 15.6. The third kappa shape index (κ3) is 5.17. The number of halogens is 1. The summed E-state index contributed by atoms with van der Waals surface area (Å²) in [6.07, 6.45) is 3.49. The van der Waals surface area contributed by atoms with Gasteiger partial charge in [-0.15, -0.1) is 12.4 Å². The molecular formula is C16H26ClN3O3S. The van der Waals surface area contributed by atoms with Gasteiger partial charge in [0.05, 0.1) is 10.9 Å². The number of hydrogen-bond donors (Lipinski definition) is 3. The zero-order valence-electron chi connectivity index (χ0n) is 14.0. The number of rotatable bonds is 6. The van der Waals surface area contributed by atoms with Crippen molar-refractivity contribution in [1.29, 1.82) is 0 Å². The van der Waals surface area contributed by atoms with Gasteiger partial charge in [0.1, 0.15) is 0 Å². The number of nitrogens with two attached hydrogens (primary N) is 1. The van der Waals surface area contributed by atoms with E-state index in [9.17, 15) is 13.2 Å². The Balaban J connectivity index is 0.00000288. The van der Waals surface area contributed by atoms with Crippen LogP contribution in [-0.4, -0.2) is 27.4 Å². The van der Waals surface area contributed by atoms with Gasteiger partial charge in [-0.3, -0.25) is 4.79 Å². The lowest BCUT2D eigenvalue weighted by molar-refractivity contribution is -0.122. The highest BCUT2D eigenvalue weighted by molar-refractivity contribution is 7.89. The van der Waals surface area contributed by atoms with E-state index in [0.29, 0.717) is 6.42 Å². The van der Waals surface area contributed by atoms with Crippen molar-refractivity contribution in [1.82, 2.24) is 10.0 Å². The van der Waals surface area contributed by atoms with Gasteiger partial charge >= 0.3 is 0 Å². The molecular weight excluding hydrogens is 350 g/mol. The molecule has 0 bridgehead atoms. The van der Waals surface area contributed by atoms with Crippen LogP contribution in [0.3, 0.4) is 0 Å². The smallest absolute Gasteiger partial charge is 0.240 e. The Labute approximate surface area is 150 Å². The van der Waals surface area contributed by atoms with Crippen LogP contribution >= 0.6 is 12.4 Å². The normalized spacial score (nSPS) is 21.8. The minimum absolute atomic E-state index is 0. The fraction of sp³-hybridized carbons (Fsp3) is 0.562. The molecule has 8 heteroatoms. The van der Waals surface area contributed by atoms with Crippen LogP contribution in [0, 0.1) is 5.92 Å². The summed E-state index contributed by atoms with van der Waals surface area (Å²) in [5, 5.41) is 2.93. The highest BCUT2D eigenvalue weighted by Gasteiger charge is 2.26. The molecule has 136 valence electrons. The van der Waals surface area contributed by atoms with E-state index >= 15 is 0 Å². The van der Waals surface area contributed by atoms with Gasteiger partial charge in [0.2, 0.25) is 15.9 Å². The van der Waals surface area contributed by atoms with Crippen LogP contribution < -0.4 is 15.8 Å². The van der Waals surface area contributed by atoms with Gasteiger partial charge in [0, 0.05) is 12.5 Å². The molecule has 0 radical (unpaired) electrons. The molecule has 1 fully saturated rings. The Kier molecular flexibility index (Phi) is 7.66. The fourth-order valence-corrected chi connectivity index (χ4v) is 3.79. The van der Waals surface area contributed by atoms with Gasteiger partial charge in [-0.05, 0) is 50.4 Å². The third-order valence-electron chi connectivity index (χ3n) is 4.48. The Hall–Kier alpha value is -1.15. The summed E-state index contributed by atoms with van der Waals surface area (Å²) < 4.78 is 26.0. The summed E-state index contributed by atoms with van der Waals surface area (Å²) in [4.78, 5) is 12.4. The first-order valence-corrected chi connectivity index (χ1v) is 9.40. The van der Waals surface area contributed by atoms with E-state index in [1.807, 2.05) is 6.92 Å². The van der Waals surface area contributed by atoms with Crippen LogP contribution in [0.4, 0.5) is 0 Å². The van der Waals surface area contributed by atoms with Gasteiger partial charge < -0.3 is 11.1 Å². The summed E-state index contributed by atoms with van der Waals surface area (Å²) in [5.74, 6) is 0.208. The maximum Gasteiger partial charge on any atom is 0.240 e. The molecule has 2 rings (SSSR count). The summed E-state index contributed by atoms with van der Waals surface area (Å²) in [6.45, 7) is 1.84. The lowest BCUT2D eigenvalue weighted by Gasteiger charge is -2.19. The first-order chi connectivity index (χ1) is 10.8. The predicted octanol–water partition coefficient (Wildman–Crippen LogP) is 1.71. The minimum Gasteiger partial charge on any atom is -0.350 e. The molecule has 24 heavy (non-hydrogen) atoms. The second-order valence-corrected chi connectivity index (χ2v) is 8.01.